The smallest absolute Gasteiger partial charge is 0.303 e. The zero-order valence-electron chi connectivity index (χ0n) is 10.2. The molecule has 1 aliphatic rings. The number of aliphatic carboxylic acids is 1. The monoisotopic (exact) mass is 262 g/mol. The summed E-state index contributed by atoms with van der Waals surface area (Å²) >= 11 is 0. The summed E-state index contributed by atoms with van der Waals surface area (Å²) in [5, 5.41) is 8.63. The number of carbonyl (C=O) groups is 3. The molecule has 19 heavy (non-hydrogen) atoms. The molecule has 0 spiro atoms. The van der Waals surface area contributed by atoms with Crippen molar-refractivity contribution in [2.45, 2.75) is 6.42 Å². The standard InChI is InChI=1S/C13H14N2O4/c14-12(18)9-1-3-10(4-2-9)13(19)15-6-8(7-15)5-11(16)17/h1-4,8H,5-7H2,(H2,14,18)(H,16,17). The van der Waals surface area contributed by atoms with Gasteiger partial charge in [0.15, 0.2) is 0 Å². The first-order chi connectivity index (χ1) is 8.97. The molecule has 1 heterocycles. The first-order valence-electron chi connectivity index (χ1n) is 5.88. The number of primary amides is 1. The van der Waals surface area contributed by atoms with Gasteiger partial charge in [-0.05, 0) is 24.3 Å². The summed E-state index contributed by atoms with van der Waals surface area (Å²) in [5.41, 5.74) is 5.93. The topological polar surface area (TPSA) is 101 Å². The Hall–Kier alpha value is -2.37. The molecule has 3 N–H and O–H groups in total. The molecule has 0 aliphatic carbocycles. The van der Waals surface area contributed by atoms with E-state index in [2.05, 4.69) is 0 Å². The molecule has 1 saturated heterocycles. The summed E-state index contributed by atoms with van der Waals surface area (Å²) in [7, 11) is 0. The molecule has 1 aromatic rings. The Bertz CT molecular complexity index is 518. The number of rotatable bonds is 4. The van der Waals surface area contributed by atoms with Crippen LogP contribution in [0.2, 0.25) is 0 Å². The van der Waals surface area contributed by atoms with Crippen LogP contribution < -0.4 is 5.73 Å². The van der Waals surface area contributed by atoms with E-state index in [4.69, 9.17) is 10.8 Å². The van der Waals surface area contributed by atoms with E-state index in [9.17, 15) is 14.4 Å². The van der Waals surface area contributed by atoms with E-state index in [-0.39, 0.29) is 18.2 Å². The van der Waals surface area contributed by atoms with Crippen molar-refractivity contribution < 1.29 is 19.5 Å². The Labute approximate surface area is 109 Å². The molecular weight excluding hydrogens is 248 g/mol. The summed E-state index contributed by atoms with van der Waals surface area (Å²) in [6.07, 6.45) is 0.0877. The second-order valence-electron chi connectivity index (χ2n) is 4.62. The number of nitrogens with zero attached hydrogens (tertiary/aromatic N) is 1. The highest BCUT2D eigenvalue weighted by Crippen LogP contribution is 2.21. The molecule has 2 rings (SSSR count). The van der Waals surface area contributed by atoms with Gasteiger partial charge in [-0.1, -0.05) is 0 Å². The molecule has 0 saturated carbocycles. The second kappa shape index (κ2) is 5.09. The summed E-state index contributed by atoms with van der Waals surface area (Å²) in [4.78, 5) is 35.0. The number of hydrogen-bond acceptors (Lipinski definition) is 3. The number of amides is 2. The van der Waals surface area contributed by atoms with Crippen LogP contribution in [0.1, 0.15) is 27.1 Å². The van der Waals surface area contributed by atoms with E-state index < -0.39 is 11.9 Å². The maximum atomic E-state index is 12.0. The zero-order chi connectivity index (χ0) is 14.0. The number of likely N-dealkylation sites (tertiary alicyclic amines) is 1. The van der Waals surface area contributed by atoms with Gasteiger partial charge in [-0.2, -0.15) is 0 Å². The van der Waals surface area contributed by atoms with Crippen molar-refractivity contribution in [3.63, 3.8) is 0 Å². The van der Waals surface area contributed by atoms with E-state index >= 15 is 0 Å². The maximum Gasteiger partial charge on any atom is 0.303 e. The molecule has 2 amide bonds. The third kappa shape index (κ3) is 2.90. The first-order valence-corrected chi connectivity index (χ1v) is 5.88. The minimum Gasteiger partial charge on any atom is -0.481 e. The number of nitrogens with two attached hydrogens (primary N) is 1. The quantitative estimate of drug-likeness (QED) is 0.816. The Kier molecular flexibility index (Phi) is 3.50. The largest absolute Gasteiger partial charge is 0.481 e. The summed E-state index contributed by atoms with van der Waals surface area (Å²) < 4.78 is 0. The highest BCUT2D eigenvalue weighted by molar-refractivity contribution is 5.97. The van der Waals surface area contributed by atoms with E-state index in [1.165, 1.54) is 12.1 Å². The molecule has 0 unspecified atom stereocenters. The predicted molar refractivity (Wildman–Crippen MR) is 66.6 cm³/mol. The first kappa shape index (κ1) is 13.1. The highest BCUT2D eigenvalue weighted by atomic mass is 16.4. The molecule has 1 fully saturated rings. The van der Waals surface area contributed by atoms with Gasteiger partial charge >= 0.3 is 5.97 Å². The van der Waals surface area contributed by atoms with Crippen LogP contribution in [0.15, 0.2) is 24.3 Å². The van der Waals surface area contributed by atoms with Crippen LogP contribution >= 0.6 is 0 Å². The van der Waals surface area contributed by atoms with Gasteiger partial charge in [-0.25, -0.2) is 0 Å². The number of hydrogen-bond donors (Lipinski definition) is 2. The average molecular weight is 262 g/mol. The van der Waals surface area contributed by atoms with Gasteiger partial charge in [-0.15, -0.1) is 0 Å². The fraction of sp³-hybridized carbons (Fsp3) is 0.308. The molecule has 1 aromatic carbocycles. The number of carboxylic acid groups (broad SMARTS) is 1. The van der Waals surface area contributed by atoms with Crippen molar-refractivity contribution in [3.8, 4) is 0 Å². The SMILES string of the molecule is NC(=O)c1ccc(C(=O)N2CC(CC(=O)O)C2)cc1. The van der Waals surface area contributed by atoms with Gasteiger partial charge in [0.1, 0.15) is 0 Å². The van der Waals surface area contributed by atoms with Crippen molar-refractivity contribution >= 4 is 17.8 Å². The van der Waals surface area contributed by atoms with Crippen molar-refractivity contribution in [3.05, 3.63) is 35.4 Å². The Morgan fingerprint density at radius 2 is 1.68 bits per heavy atom. The van der Waals surface area contributed by atoms with Crippen LogP contribution in [-0.2, 0) is 4.79 Å². The fourth-order valence-corrected chi connectivity index (χ4v) is 2.07. The van der Waals surface area contributed by atoms with Crippen molar-refractivity contribution in [1.82, 2.24) is 4.90 Å². The molecule has 100 valence electrons. The third-order valence-corrected chi connectivity index (χ3v) is 3.12. The molecule has 6 heteroatoms. The van der Waals surface area contributed by atoms with Crippen LogP contribution in [0, 0.1) is 5.92 Å². The minimum absolute atomic E-state index is 0.0337. The maximum absolute atomic E-state index is 12.0. The van der Waals surface area contributed by atoms with Crippen molar-refractivity contribution in [1.29, 1.82) is 0 Å². The Balaban J connectivity index is 1.94. The van der Waals surface area contributed by atoms with Crippen molar-refractivity contribution in [2.24, 2.45) is 11.7 Å². The van der Waals surface area contributed by atoms with E-state index in [1.807, 2.05) is 0 Å². The molecular formula is C13H14N2O4. The second-order valence-corrected chi connectivity index (χ2v) is 4.62. The van der Waals surface area contributed by atoms with Crippen LogP contribution in [0.25, 0.3) is 0 Å². The lowest BCUT2D eigenvalue weighted by molar-refractivity contribution is -0.139. The van der Waals surface area contributed by atoms with Gasteiger partial charge < -0.3 is 15.7 Å². The number of carbonyl (C=O) groups excluding carboxylic acids is 2. The van der Waals surface area contributed by atoms with Gasteiger partial charge in [0, 0.05) is 30.1 Å². The summed E-state index contributed by atoms with van der Waals surface area (Å²) in [5.74, 6) is -1.50. The van der Waals surface area contributed by atoms with Crippen molar-refractivity contribution in [2.75, 3.05) is 13.1 Å². The van der Waals surface area contributed by atoms with Crippen LogP contribution in [-0.4, -0.2) is 40.9 Å². The predicted octanol–water partition coefficient (Wildman–Crippen LogP) is 0.332. The normalized spacial score (nSPS) is 14.8. The third-order valence-electron chi connectivity index (χ3n) is 3.12. The molecule has 1 aliphatic heterocycles. The molecule has 0 radical (unpaired) electrons. The summed E-state index contributed by atoms with van der Waals surface area (Å²) in [6, 6.07) is 6.11. The number of carboxylic acids is 1. The van der Waals surface area contributed by atoms with Crippen LogP contribution in [0.5, 0.6) is 0 Å². The summed E-state index contributed by atoms with van der Waals surface area (Å²) in [6.45, 7) is 0.922. The van der Waals surface area contributed by atoms with Gasteiger partial charge in [0.25, 0.3) is 5.91 Å². The lowest BCUT2D eigenvalue weighted by Gasteiger charge is -2.38. The van der Waals surface area contributed by atoms with E-state index in [1.54, 1.807) is 17.0 Å². The molecule has 6 nitrogen and oxygen atoms in total. The lowest BCUT2D eigenvalue weighted by Crippen LogP contribution is -2.50. The average Bonchev–Trinajstić information content (AvgIpc) is 2.32. The molecule has 0 bridgehead atoms. The lowest BCUT2D eigenvalue weighted by atomic mass is 9.95. The Morgan fingerprint density at radius 3 is 2.16 bits per heavy atom. The van der Waals surface area contributed by atoms with Crippen LogP contribution in [0.3, 0.4) is 0 Å². The molecule has 0 atom stereocenters. The highest BCUT2D eigenvalue weighted by Gasteiger charge is 2.32. The Morgan fingerprint density at radius 1 is 1.16 bits per heavy atom. The van der Waals surface area contributed by atoms with E-state index in [0.29, 0.717) is 24.2 Å². The fourth-order valence-electron chi connectivity index (χ4n) is 2.07. The minimum atomic E-state index is -0.845. The van der Waals surface area contributed by atoms with Crippen LogP contribution in [0.4, 0.5) is 0 Å². The zero-order valence-corrected chi connectivity index (χ0v) is 10.2. The van der Waals surface area contributed by atoms with E-state index in [0.717, 1.165) is 0 Å². The van der Waals surface area contributed by atoms with Gasteiger partial charge in [0.2, 0.25) is 5.91 Å². The number of benzene rings is 1. The van der Waals surface area contributed by atoms with Gasteiger partial charge in [0.05, 0.1) is 6.42 Å². The molecule has 0 aromatic heterocycles. The van der Waals surface area contributed by atoms with Gasteiger partial charge in [-0.3, -0.25) is 14.4 Å².